The summed E-state index contributed by atoms with van der Waals surface area (Å²) in [5.74, 6) is 0.706. The fourth-order valence-corrected chi connectivity index (χ4v) is 1.19. The average Bonchev–Trinajstić information content (AvgIpc) is 2.23. The van der Waals surface area contributed by atoms with E-state index in [0.717, 1.165) is 11.1 Å². The maximum absolute atomic E-state index is 8.92. The molecule has 0 aliphatic heterocycles. The number of aromatic hydroxyl groups is 2. The highest BCUT2D eigenvalue weighted by molar-refractivity contribution is 5.29. The number of phenols is 2. The third-order valence-corrected chi connectivity index (χ3v) is 2.12. The van der Waals surface area contributed by atoms with Crippen molar-refractivity contribution in [2.75, 3.05) is 0 Å². The van der Waals surface area contributed by atoms with E-state index in [1.165, 1.54) is 0 Å². The molecule has 2 heteroatoms. The monoisotopic (exact) mass is 216 g/mol. The van der Waals surface area contributed by atoms with Crippen molar-refractivity contribution in [3.63, 3.8) is 0 Å². The Kier molecular flexibility index (Phi) is 4.40. The van der Waals surface area contributed by atoms with Gasteiger partial charge in [-0.05, 0) is 43.2 Å². The van der Waals surface area contributed by atoms with Crippen molar-refractivity contribution < 1.29 is 10.2 Å². The summed E-state index contributed by atoms with van der Waals surface area (Å²) >= 11 is 0. The van der Waals surface area contributed by atoms with E-state index >= 15 is 0 Å². The predicted molar refractivity (Wildman–Crippen MR) is 65.7 cm³/mol. The zero-order chi connectivity index (χ0) is 12.0. The van der Waals surface area contributed by atoms with Crippen LogP contribution in [0.3, 0.4) is 0 Å². The first kappa shape index (κ1) is 12.1. The number of benzene rings is 2. The van der Waals surface area contributed by atoms with Crippen LogP contribution in [0.15, 0.2) is 48.5 Å². The highest BCUT2D eigenvalue weighted by Gasteiger charge is 1.87. The smallest absolute Gasteiger partial charge is 0.118 e. The van der Waals surface area contributed by atoms with E-state index in [4.69, 9.17) is 10.2 Å². The van der Waals surface area contributed by atoms with Crippen LogP contribution in [0.4, 0.5) is 0 Å². The molecule has 0 heterocycles. The van der Waals surface area contributed by atoms with E-state index in [1.54, 1.807) is 18.2 Å². The number of aryl methyl sites for hydroxylation is 2. The van der Waals surface area contributed by atoms with E-state index < -0.39 is 0 Å². The Morgan fingerprint density at radius 3 is 1.88 bits per heavy atom. The van der Waals surface area contributed by atoms with E-state index in [0.29, 0.717) is 11.5 Å². The Hall–Kier alpha value is -1.96. The minimum atomic E-state index is 0.338. The van der Waals surface area contributed by atoms with Crippen LogP contribution in [0.25, 0.3) is 0 Å². The van der Waals surface area contributed by atoms with Crippen LogP contribution in [0.5, 0.6) is 11.5 Å². The van der Waals surface area contributed by atoms with Crippen molar-refractivity contribution >= 4 is 0 Å². The van der Waals surface area contributed by atoms with Gasteiger partial charge in [0, 0.05) is 0 Å². The van der Waals surface area contributed by atoms with Crippen LogP contribution in [0.1, 0.15) is 11.1 Å². The molecule has 0 atom stereocenters. The molecule has 0 radical (unpaired) electrons. The van der Waals surface area contributed by atoms with Crippen molar-refractivity contribution in [3.05, 3.63) is 59.7 Å². The lowest BCUT2D eigenvalue weighted by Crippen LogP contribution is -1.68. The number of hydrogen-bond acceptors (Lipinski definition) is 2. The SMILES string of the molecule is Cc1cccc(O)c1.Cc1ccccc1O. The number of para-hydroxylation sites is 1. The van der Waals surface area contributed by atoms with Gasteiger partial charge in [-0.3, -0.25) is 0 Å². The summed E-state index contributed by atoms with van der Waals surface area (Å²) < 4.78 is 0. The quantitative estimate of drug-likeness (QED) is 0.708. The summed E-state index contributed by atoms with van der Waals surface area (Å²) in [6.07, 6.45) is 0. The van der Waals surface area contributed by atoms with E-state index in [-0.39, 0.29) is 0 Å². The number of phenolic OH excluding ortho intramolecular Hbond substituents is 2. The van der Waals surface area contributed by atoms with Gasteiger partial charge in [0.05, 0.1) is 0 Å². The van der Waals surface area contributed by atoms with Gasteiger partial charge in [0.25, 0.3) is 0 Å². The van der Waals surface area contributed by atoms with Gasteiger partial charge in [0.15, 0.2) is 0 Å². The van der Waals surface area contributed by atoms with Gasteiger partial charge >= 0.3 is 0 Å². The molecule has 0 aromatic heterocycles. The molecule has 0 aliphatic rings. The van der Waals surface area contributed by atoms with Crippen molar-refractivity contribution in [3.8, 4) is 11.5 Å². The molecule has 0 saturated carbocycles. The summed E-state index contributed by atoms with van der Waals surface area (Å²) in [5, 5.41) is 17.7. The maximum Gasteiger partial charge on any atom is 0.118 e. The molecule has 0 unspecified atom stereocenters. The standard InChI is InChI=1S/2C7H8O/c1-6-3-2-4-7(8)5-6;1-6-4-2-3-5-7(6)8/h2*2-5,8H,1H3. The maximum atomic E-state index is 8.92. The molecule has 16 heavy (non-hydrogen) atoms. The molecule has 0 aliphatic carbocycles. The highest BCUT2D eigenvalue weighted by atomic mass is 16.3. The summed E-state index contributed by atoms with van der Waals surface area (Å²) in [4.78, 5) is 0. The molecular formula is C14H16O2. The predicted octanol–water partition coefficient (Wildman–Crippen LogP) is 3.40. The first-order chi connectivity index (χ1) is 7.59. The van der Waals surface area contributed by atoms with Gasteiger partial charge < -0.3 is 10.2 Å². The number of hydrogen-bond donors (Lipinski definition) is 2. The second kappa shape index (κ2) is 5.81. The van der Waals surface area contributed by atoms with Gasteiger partial charge in [-0.25, -0.2) is 0 Å². The second-order valence-corrected chi connectivity index (χ2v) is 3.63. The zero-order valence-corrected chi connectivity index (χ0v) is 9.51. The lowest BCUT2D eigenvalue weighted by Gasteiger charge is -1.92. The Bertz CT molecular complexity index is 412. The lowest BCUT2D eigenvalue weighted by molar-refractivity contribution is 0.471. The van der Waals surface area contributed by atoms with Crippen LogP contribution >= 0.6 is 0 Å². The third-order valence-electron chi connectivity index (χ3n) is 2.12. The number of rotatable bonds is 0. The fraction of sp³-hybridized carbons (Fsp3) is 0.143. The third kappa shape index (κ3) is 4.05. The van der Waals surface area contributed by atoms with Crippen molar-refractivity contribution in [2.24, 2.45) is 0 Å². The Labute approximate surface area is 95.8 Å². The summed E-state index contributed by atoms with van der Waals surface area (Å²) in [6, 6.07) is 14.4. The van der Waals surface area contributed by atoms with Gasteiger partial charge in [0.2, 0.25) is 0 Å². The molecule has 2 aromatic rings. The molecule has 2 aromatic carbocycles. The van der Waals surface area contributed by atoms with Gasteiger partial charge in [0.1, 0.15) is 11.5 Å². The largest absolute Gasteiger partial charge is 0.508 e. The minimum Gasteiger partial charge on any atom is -0.508 e. The van der Waals surface area contributed by atoms with Crippen LogP contribution in [0, 0.1) is 13.8 Å². The van der Waals surface area contributed by atoms with E-state index in [9.17, 15) is 0 Å². The summed E-state index contributed by atoms with van der Waals surface area (Å²) in [7, 11) is 0. The fourth-order valence-electron chi connectivity index (χ4n) is 1.19. The zero-order valence-electron chi connectivity index (χ0n) is 9.51. The minimum absolute atomic E-state index is 0.338. The van der Waals surface area contributed by atoms with Crippen molar-refractivity contribution in [2.45, 2.75) is 13.8 Å². The molecule has 0 fully saturated rings. The van der Waals surface area contributed by atoms with Crippen molar-refractivity contribution in [1.82, 2.24) is 0 Å². The molecule has 0 amide bonds. The topological polar surface area (TPSA) is 40.5 Å². The highest BCUT2D eigenvalue weighted by Crippen LogP contribution is 2.12. The Morgan fingerprint density at radius 1 is 0.812 bits per heavy atom. The second-order valence-electron chi connectivity index (χ2n) is 3.63. The summed E-state index contributed by atoms with van der Waals surface area (Å²) in [5.41, 5.74) is 2.01. The van der Waals surface area contributed by atoms with Crippen LogP contribution in [0.2, 0.25) is 0 Å². The van der Waals surface area contributed by atoms with Crippen molar-refractivity contribution in [1.29, 1.82) is 0 Å². The molecule has 0 saturated heterocycles. The molecule has 0 spiro atoms. The van der Waals surface area contributed by atoms with E-state index in [2.05, 4.69) is 0 Å². The van der Waals surface area contributed by atoms with E-state index in [1.807, 2.05) is 44.2 Å². The Balaban J connectivity index is 0.000000160. The van der Waals surface area contributed by atoms with Gasteiger partial charge in [-0.2, -0.15) is 0 Å². The molecular weight excluding hydrogens is 200 g/mol. The molecule has 2 nitrogen and oxygen atoms in total. The lowest BCUT2D eigenvalue weighted by atomic mass is 10.2. The molecule has 0 bridgehead atoms. The Morgan fingerprint density at radius 2 is 1.50 bits per heavy atom. The summed E-state index contributed by atoms with van der Waals surface area (Å²) in [6.45, 7) is 3.81. The van der Waals surface area contributed by atoms with Gasteiger partial charge in [-0.1, -0.05) is 30.3 Å². The normalized spacial score (nSPS) is 9.12. The molecule has 2 rings (SSSR count). The molecule has 2 N–H and O–H groups in total. The van der Waals surface area contributed by atoms with Crippen LogP contribution in [-0.2, 0) is 0 Å². The first-order valence-electron chi connectivity index (χ1n) is 5.10. The first-order valence-corrected chi connectivity index (χ1v) is 5.10. The van der Waals surface area contributed by atoms with Crippen LogP contribution < -0.4 is 0 Å². The van der Waals surface area contributed by atoms with Crippen LogP contribution in [-0.4, -0.2) is 10.2 Å². The van der Waals surface area contributed by atoms with Gasteiger partial charge in [-0.15, -0.1) is 0 Å². The average molecular weight is 216 g/mol. The molecule has 84 valence electrons.